The van der Waals surface area contributed by atoms with E-state index in [0.29, 0.717) is 21.7 Å². The SMILES string of the molecule is CCCn1cc(-c2cnc(N)c(-c3ccc(C(=O)N[C@H](CO)c4cccc(Cl)c4)c(F)c3)c2)cn1. The van der Waals surface area contributed by atoms with Crippen molar-refractivity contribution in [2.75, 3.05) is 12.3 Å². The molecule has 2 aromatic heterocycles. The molecule has 7 nitrogen and oxygen atoms in total. The van der Waals surface area contributed by atoms with Gasteiger partial charge in [-0.05, 0) is 47.9 Å². The molecule has 1 atom stereocenters. The number of benzene rings is 2. The zero-order valence-electron chi connectivity index (χ0n) is 19.1. The van der Waals surface area contributed by atoms with E-state index in [0.717, 1.165) is 24.1 Å². The molecule has 2 heterocycles. The summed E-state index contributed by atoms with van der Waals surface area (Å²) in [4.78, 5) is 17.0. The second-order valence-corrected chi connectivity index (χ2v) is 8.54. The minimum Gasteiger partial charge on any atom is -0.394 e. The number of pyridine rings is 1. The van der Waals surface area contributed by atoms with Gasteiger partial charge in [-0.1, -0.05) is 36.7 Å². The van der Waals surface area contributed by atoms with Crippen molar-refractivity contribution in [2.45, 2.75) is 25.9 Å². The normalized spacial score (nSPS) is 11.9. The highest BCUT2D eigenvalue weighted by atomic mass is 35.5. The van der Waals surface area contributed by atoms with Gasteiger partial charge in [0.2, 0.25) is 0 Å². The summed E-state index contributed by atoms with van der Waals surface area (Å²) < 4.78 is 16.9. The Kier molecular flexibility index (Phi) is 7.43. The largest absolute Gasteiger partial charge is 0.394 e. The smallest absolute Gasteiger partial charge is 0.254 e. The number of amides is 1. The van der Waals surface area contributed by atoms with Gasteiger partial charge < -0.3 is 16.2 Å². The molecule has 0 bridgehead atoms. The van der Waals surface area contributed by atoms with Crippen molar-refractivity contribution in [3.63, 3.8) is 0 Å². The molecule has 4 rings (SSSR count). The summed E-state index contributed by atoms with van der Waals surface area (Å²) >= 11 is 6.00. The summed E-state index contributed by atoms with van der Waals surface area (Å²) in [5.74, 6) is -1.13. The van der Waals surface area contributed by atoms with Crippen LogP contribution >= 0.6 is 11.6 Å². The summed E-state index contributed by atoms with van der Waals surface area (Å²) in [6.45, 7) is 2.51. The summed E-state index contributed by atoms with van der Waals surface area (Å²) in [7, 11) is 0. The lowest BCUT2D eigenvalue weighted by molar-refractivity contribution is 0.0912. The van der Waals surface area contributed by atoms with Crippen LogP contribution in [0.25, 0.3) is 22.3 Å². The third-order valence-electron chi connectivity index (χ3n) is 5.60. The van der Waals surface area contributed by atoms with E-state index >= 15 is 4.39 Å². The van der Waals surface area contributed by atoms with E-state index < -0.39 is 17.8 Å². The summed E-state index contributed by atoms with van der Waals surface area (Å²) in [6, 6.07) is 12.1. The first kappa shape index (κ1) is 24.4. The number of nitrogens with zero attached hydrogens (tertiary/aromatic N) is 3. The lowest BCUT2D eigenvalue weighted by atomic mass is 10.0. The van der Waals surface area contributed by atoms with Crippen molar-refractivity contribution >= 4 is 23.3 Å². The Labute approximate surface area is 207 Å². The van der Waals surface area contributed by atoms with Crippen LogP contribution in [-0.2, 0) is 6.54 Å². The number of hydrogen-bond donors (Lipinski definition) is 3. The van der Waals surface area contributed by atoms with Gasteiger partial charge in [-0.3, -0.25) is 9.48 Å². The van der Waals surface area contributed by atoms with Crippen LogP contribution in [-0.4, -0.2) is 32.4 Å². The van der Waals surface area contributed by atoms with E-state index in [9.17, 15) is 9.90 Å². The number of nitrogens with two attached hydrogens (primary N) is 1. The average Bonchev–Trinajstić information content (AvgIpc) is 3.31. The fraction of sp³-hybridized carbons (Fsp3) is 0.192. The Hall–Kier alpha value is -3.75. The third kappa shape index (κ3) is 5.50. The summed E-state index contributed by atoms with van der Waals surface area (Å²) in [6.07, 6.45) is 6.28. The zero-order chi connectivity index (χ0) is 24.9. The molecule has 0 aliphatic rings. The zero-order valence-corrected chi connectivity index (χ0v) is 19.8. The third-order valence-corrected chi connectivity index (χ3v) is 5.84. The van der Waals surface area contributed by atoms with Gasteiger partial charge in [0.25, 0.3) is 5.91 Å². The van der Waals surface area contributed by atoms with Crippen molar-refractivity contribution in [1.29, 1.82) is 0 Å². The molecule has 0 unspecified atom stereocenters. The number of carbonyl (C=O) groups excluding carboxylic acids is 1. The van der Waals surface area contributed by atoms with Gasteiger partial charge in [-0.15, -0.1) is 0 Å². The van der Waals surface area contributed by atoms with Gasteiger partial charge in [-0.25, -0.2) is 9.37 Å². The van der Waals surface area contributed by atoms with Gasteiger partial charge in [0, 0.05) is 40.7 Å². The van der Waals surface area contributed by atoms with Crippen LogP contribution in [0.3, 0.4) is 0 Å². The number of aromatic nitrogens is 3. The standard InChI is InChI=1S/C26H25ClFN5O2/c1-2-8-33-14-19(13-31-33)18-10-22(25(29)30-12-18)16-6-7-21(23(28)11-16)26(35)32-24(15-34)17-4-3-5-20(27)9-17/h3-7,9-14,24,34H,2,8,15H2,1H3,(H2,29,30)(H,32,35)/t24-/m1/s1. The number of aliphatic hydroxyl groups excluding tert-OH is 1. The van der Waals surface area contributed by atoms with Crippen molar-refractivity contribution in [2.24, 2.45) is 0 Å². The fourth-order valence-corrected chi connectivity index (χ4v) is 3.99. The minimum atomic E-state index is -0.731. The first-order chi connectivity index (χ1) is 16.9. The van der Waals surface area contributed by atoms with Gasteiger partial charge in [0.05, 0.1) is 24.4 Å². The molecule has 0 aliphatic heterocycles. The molecule has 0 spiro atoms. The quantitative estimate of drug-likeness (QED) is 0.325. The number of halogens is 2. The maximum absolute atomic E-state index is 15.0. The second kappa shape index (κ2) is 10.7. The topological polar surface area (TPSA) is 106 Å². The molecule has 0 radical (unpaired) electrons. The Morgan fingerprint density at radius 2 is 2.00 bits per heavy atom. The summed E-state index contributed by atoms with van der Waals surface area (Å²) in [5.41, 5.74) is 9.25. The van der Waals surface area contributed by atoms with Gasteiger partial charge in [0.15, 0.2) is 0 Å². The van der Waals surface area contributed by atoms with Crippen molar-refractivity contribution in [3.8, 4) is 22.3 Å². The molecule has 35 heavy (non-hydrogen) atoms. The molecule has 180 valence electrons. The van der Waals surface area contributed by atoms with Gasteiger partial charge >= 0.3 is 0 Å². The molecule has 4 aromatic rings. The molecule has 0 saturated carbocycles. The first-order valence-electron chi connectivity index (χ1n) is 11.1. The summed E-state index contributed by atoms with van der Waals surface area (Å²) in [5, 5.41) is 17.2. The number of rotatable bonds is 8. The number of nitrogen functional groups attached to an aromatic ring is 1. The van der Waals surface area contributed by atoms with E-state index in [1.807, 2.05) is 16.9 Å². The molecule has 0 saturated heterocycles. The first-order valence-corrected chi connectivity index (χ1v) is 11.5. The van der Waals surface area contributed by atoms with Gasteiger partial charge in [-0.2, -0.15) is 5.10 Å². The molecular formula is C26H25ClFN5O2. The molecular weight excluding hydrogens is 469 g/mol. The maximum atomic E-state index is 15.0. The highest BCUT2D eigenvalue weighted by molar-refractivity contribution is 6.30. The highest BCUT2D eigenvalue weighted by Crippen LogP contribution is 2.31. The molecule has 0 fully saturated rings. The number of hydrogen-bond acceptors (Lipinski definition) is 5. The van der Waals surface area contributed by atoms with Crippen LogP contribution in [0.2, 0.25) is 5.02 Å². The number of aliphatic hydroxyl groups is 1. The van der Waals surface area contributed by atoms with Crippen molar-refractivity contribution in [3.05, 3.63) is 89.1 Å². The number of aryl methyl sites for hydroxylation is 1. The van der Waals surface area contributed by atoms with Crippen LogP contribution in [0.1, 0.15) is 35.3 Å². The lowest BCUT2D eigenvalue weighted by Crippen LogP contribution is -2.31. The van der Waals surface area contributed by atoms with E-state index in [1.165, 1.54) is 12.1 Å². The lowest BCUT2D eigenvalue weighted by Gasteiger charge is -2.17. The Balaban J connectivity index is 1.58. The highest BCUT2D eigenvalue weighted by Gasteiger charge is 2.19. The number of nitrogens with one attached hydrogen (secondary N) is 1. The van der Waals surface area contributed by atoms with Crippen LogP contribution in [0, 0.1) is 5.82 Å². The predicted molar refractivity (Wildman–Crippen MR) is 134 cm³/mol. The molecule has 4 N–H and O–H groups in total. The van der Waals surface area contributed by atoms with E-state index in [-0.39, 0.29) is 18.0 Å². The number of carbonyl (C=O) groups is 1. The van der Waals surface area contributed by atoms with Crippen molar-refractivity contribution in [1.82, 2.24) is 20.1 Å². The van der Waals surface area contributed by atoms with Crippen LogP contribution < -0.4 is 11.1 Å². The van der Waals surface area contributed by atoms with E-state index in [2.05, 4.69) is 22.3 Å². The molecule has 2 aromatic carbocycles. The molecule has 0 aliphatic carbocycles. The van der Waals surface area contributed by atoms with Crippen LogP contribution in [0.15, 0.2) is 67.1 Å². The second-order valence-electron chi connectivity index (χ2n) is 8.11. The van der Waals surface area contributed by atoms with Crippen LogP contribution in [0.5, 0.6) is 0 Å². The van der Waals surface area contributed by atoms with Gasteiger partial charge in [0.1, 0.15) is 11.6 Å². The monoisotopic (exact) mass is 493 g/mol. The Morgan fingerprint density at radius 3 is 2.71 bits per heavy atom. The van der Waals surface area contributed by atoms with E-state index in [1.54, 1.807) is 42.7 Å². The Morgan fingerprint density at radius 1 is 1.17 bits per heavy atom. The Bertz CT molecular complexity index is 1360. The number of anilines is 1. The van der Waals surface area contributed by atoms with E-state index in [4.69, 9.17) is 17.3 Å². The molecule has 9 heteroatoms. The maximum Gasteiger partial charge on any atom is 0.254 e. The minimum absolute atomic E-state index is 0.155. The van der Waals surface area contributed by atoms with Crippen LogP contribution in [0.4, 0.5) is 10.2 Å². The van der Waals surface area contributed by atoms with Crippen molar-refractivity contribution < 1.29 is 14.3 Å². The predicted octanol–water partition coefficient (Wildman–Crippen LogP) is 4.86. The fourth-order valence-electron chi connectivity index (χ4n) is 3.79. The molecule has 1 amide bonds. The average molecular weight is 494 g/mol.